The Morgan fingerprint density at radius 1 is 0.655 bits per heavy atom. The zero-order chi connectivity index (χ0) is 41.1. The van der Waals surface area contributed by atoms with Crippen LogP contribution < -0.4 is 21.9 Å². The number of terminal acetylenes is 1. The summed E-state index contributed by atoms with van der Waals surface area (Å²) >= 11 is 0. The predicted octanol–water partition coefficient (Wildman–Crippen LogP) is -2.33. The largest absolute Gasteiger partial charge is 0.297 e. The molecule has 0 saturated heterocycles. The van der Waals surface area contributed by atoms with Crippen molar-refractivity contribution in [3.05, 3.63) is 172 Å². The first kappa shape index (κ1) is 39.3. The standard InChI is InChI=1S/C46H44B10N2/c1-2-31(48)39(49)37-35(29-22-27(25-13-5-3-6-14-25)21-28(23-29)26-15-7-4-8-16-26)36-38(41(51)43(53)42(52)40(36)50)45(37,24-47)30-17-9-11-19-33(30)58-34-20-12-10-18-32(34)57-44(58)46(54,55)56/h1,3-23H,24,47-56H2/b39-31-. The highest BCUT2D eigenvalue weighted by Gasteiger charge is 2.49. The van der Waals surface area contributed by atoms with Crippen LogP contribution in [0, 0.1) is 12.3 Å². The molecule has 2 nitrogen and oxygen atoms in total. The summed E-state index contributed by atoms with van der Waals surface area (Å²) < 4.78 is 2.44. The van der Waals surface area contributed by atoms with Gasteiger partial charge >= 0.3 is 0 Å². The Morgan fingerprint density at radius 2 is 1.19 bits per heavy atom. The first-order valence-corrected chi connectivity index (χ1v) is 20.7. The molecule has 0 radical (unpaired) electrons. The lowest BCUT2D eigenvalue weighted by Crippen LogP contribution is -2.52. The fraction of sp³-hybridized carbons (Fsp3) is 0.0652. The Labute approximate surface area is 353 Å². The summed E-state index contributed by atoms with van der Waals surface area (Å²) in [6, 6.07) is 46.5. The topological polar surface area (TPSA) is 17.8 Å². The van der Waals surface area contributed by atoms with Gasteiger partial charge in [0.1, 0.15) is 54.9 Å². The van der Waals surface area contributed by atoms with E-state index in [1.807, 2.05) is 0 Å². The number of hydrogen-bond acceptors (Lipinski definition) is 1. The summed E-state index contributed by atoms with van der Waals surface area (Å²) in [5.74, 6) is 4.15. The normalized spacial score (nSPS) is 15.6. The van der Waals surface area contributed by atoms with Crippen molar-refractivity contribution < 1.29 is 0 Å². The van der Waals surface area contributed by atoms with Crippen molar-refractivity contribution in [2.24, 2.45) is 0 Å². The maximum Gasteiger partial charge on any atom is 0.149 e. The third-order valence-corrected chi connectivity index (χ3v) is 13.0. The van der Waals surface area contributed by atoms with Crippen LogP contribution in [0.1, 0.15) is 28.1 Å². The minimum atomic E-state index is -0.563. The number of benzene rings is 6. The lowest BCUT2D eigenvalue weighted by Gasteiger charge is -2.39. The molecule has 1 aromatic heterocycles. The molecule has 1 unspecified atom stereocenters. The smallest absolute Gasteiger partial charge is 0.149 e. The van der Waals surface area contributed by atoms with Gasteiger partial charge < -0.3 is 0 Å². The summed E-state index contributed by atoms with van der Waals surface area (Å²) in [7, 11) is 22.8. The van der Waals surface area contributed by atoms with Crippen molar-refractivity contribution >= 4 is 117 Å². The van der Waals surface area contributed by atoms with E-state index in [1.54, 1.807) is 0 Å². The van der Waals surface area contributed by atoms with Crippen molar-refractivity contribution in [2.75, 3.05) is 0 Å². The average Bonchev–Trinajstić information content (AvgIpc) is 3.80. The monoisotopic (exact) mass is 734 g/mol. The van der Waals surface area contributed by atoms with E-state index in [-0.39, 0.29) is 5.11 Å². The van der Waals surface area contributed by atoms with Crippen molar-refractivity contribution in [1.29, 1.82) is 0 Å². The van der Waals surface area contributed by atoms with E-state index in [9.17, 15) is 0 Å². The van der Waals surface area contributed by atoms with E-state index in [4.69, 9.17) is 11.4 Å². The van der Waals surface area contributed by atoms with E-state index in [1.165, 1.54) is 77.5 Å². The van der Waals surface area contributed by atoms with Crippen LogP contribution in [-0.4, -0.2) is 88.0 Å². The summed E-state index contributed by atoms with van der Waals surface area (Å²) in [5.41, 5.74) is 22.6. The van der Waals surface area contributed by atoms with Crippen LogP contribution >= 0.6 is 0 Å². The van der Waals surface area contributed by atoms with Gasteiger partial charge in [0.05, 0.1) is 46.1 Å². The SMILES string of the molecule is BCC1(c2ccccc2-n2c(C(B)(B)B)nc3ccccc32)C(/C(B)=C(/B)C#C)=C(c2cc(-c3ccccc3)cc(-c3ccccc3)c2)c2c(B)c(B)c(B)c(B)c21. The molecule has 58 heavy (non-hydrogen) atoms. The molecule has 0 aliphatic heterocycles. The number of imidazole rings is 1. The minimum Gasteiger partial charge on any atom is -0.297 e. The van der Waals surface area contributed by atoms with Gasteiger partial charge in [0, 0.05) is 5.41 Å². The lowest BCUT2D eigenvalue weighted by molar-refractivity contribution is 0.699. The van der Waals surface area contributed by atoms with Crippen LogP contribution in [0.2, 0.25) is 6.32 Å². The maximum absolute atomic E-state index is 6.40. The van der Waals surface area contributed by atoms with Crippen molar-refractivity contribution in [3.63, 3.8) is 0 Å². The fourth-order valence-electron chi connectivity index (χ4n) is 9.70. The van der Waals surface area contributed by atoms with Crippen LogP contribution in [0.4, 0.5) is 0 Å². The molecule has 1 heterocycles. The summed E-state index contributed by atoms with van der Waals surface area (Å²) in [6.45, 7) is 0. The highest BCUT2D eigenvalue weighted by Crippen LogP contribution is 2.57. The number of nitrogens with zero attached hydrogens (tertiary/aromatic N) is 2. The second-order valence-electron chi connectivity index (χ2n) is 17.2. The van der Waals surface area contributed by atoms with Gasteiger partial charge in [-0.1, -0.05) is 125 Å². The third-order valence-electron chi connectivity index (χ3n) is 13.0. The van der Waals surface area contributed by atoms with Gasteiger partial charge in [-0.3, -0.25) is 4.57 Å². The van der Waals surface area contributed by atoms with Crippen molar-refractivity contribution in [1.82, 2.24) is 9.55 Å². The van der Waals surface area contributed by atoms with Crippen LogP contribution in [0.5, 0.6) is 0 Å². The molecule has 1 aliphatic carbocycles. The number of allylic oxidation sites excluding steroid dienone is 3. The maximum atomic E-state index is 6.40. The van der Waals surface area contributed by atoms with E-state index in [0.29, 0.717) is 0 Å². The molecule has 0 N–H and O–H groups in total. The second kappa shape index (κ2) is 15.0. The van der Waals surface area contributed by atoms with Gasteiger partial charge in [-0.2, -0.15) is 0 Å². The molecule has 268 valence electrons. The molecular weight excluding hydrogens is 689 g/mol. The van der Waals surface area contributed by atoms with E-state index >= 15 is 0 Å². The quantitative estimate of drug-likeness (QED) is 0.127. The molecule has 8 rings (SSSR count). The van der Waals surface area contributed by atoms with Crippen LogP contribution in [0.3, 0.4) is 0 Å². The molecular formula is C46H44B10N2. The Morgan fingerprint density at radius 3 is 1.78 bits per heavy atom. The molecule has 0 saturated carbocycles. The zero-order valence-electron chi connectivity index (χ0n) is 35.8. The lowest BCUT2D eigenvalue weighted by atomic mass is 9.42. The summed E-state index contributed by atoms with van der Waals surface area (Å²) in [6.07, 6.45) is 7.23. The zero-order valence-corrected chi connectivity index (χ0v) is 35.8. The van der Waals surface area contributed by atoms with Crippen LogP contribution in [0.15, 0.2) is 144 Å². The second-order valence-corrected chi connectivity index (χ2v) is 17.2. The first-order valence-electron chi connectivity index (χ1n) is 20.7. The van der Waals surface area contributed by atoms with Gasteiger partial charge in [0.25, 0.3) is 0 Å². The van der Waals surface area contributed by atoms with Gasteiger partial charge in [0.15, 0.2) is 0 Å². The molecule has 0 fully saturated rings. The van der Waals surface area contributed by atoms with Crippen molar-refractivity contribution in [2.45, 2.75) is 16.8 Å². The molecule has 0 amide bonds. The van der Waals surface area contributed by atoms with Gasteiger partial charge in [-0.25, -0.2) is 4.98 Å². The third kappa shape index (κ3) is 6.17. The van der Waals surface area contributed by atoms with Crippen molar-refractivity contribution in [3.8, 4) is 40.3 Å². The Balaban J connectivity index is 1.60. The van der Waals surface area contributed by atoms with E-state index in [2.05, 4.69) is 216 Å². The first-order chi connectivity index (χ1) is 27.8. The number of para-hydroxylation sites is 3. The number of fused-ring (bicyclic) bond motifs is 2. The highest BCUT2D eigenvalue weighted by atomic mass is 15.1. The molecule has 7 aromatic rings. The Bertz CT molecular complexity index is 2830. The predicted molar refractivity (Wildman–Crippen MR) is 278 cm³/mol. The Kier molecular flexibility index (Phi) is 10.2. The average molecular weight is 733 g/mol. The highest BCUT2D eigenvalue weighted by molar-refractivity contribution is 6.64. The molecule has 0 spiro atoms. The number of hydrogen-bond donors (Lipinski definition) is 0. The molecule has 12 heteroatoms. The van der Waals surface area contributed by atoms with Crippen LogP contribution in [-0.2, 0) is 10.5 Å². The molecule has 0 bridgehead atoms. The molecule has 1 atom stereocenters. The van der Waals surface area contributed by atoms with E-state index < -0.39 is 5.41 Å². The van der Waals surface area contributed by atoms with Gasteiger partial charge in [0.2, 0.25) is 0 Å². The van der Waals surface area contributed by atoms with E-state index in [0.717, 1.165) is 39.8 Å². The van der Waals surface area contributed by atoms with Crippen LogP contribution in [0.25, 0.3) is 44.5 Å². The number of aromatic nitrogens is 2. The molecule has 6 aromatic carbocycles. The summed E-state index contributed by atoms with van der Waals surface area (Å²) in [5, 5.41) is -0.218. The fourth-order valence-corrected chi connectivity index (χ4v) is 9.70. The number of rotatable bonds is 8. The molecule has 1 aliphatic rings. The minimum absolute atomic E-state index is 0.218. The van der Waals surface area contributed by atoms with Gasteiger partial charge in [-0.15, -0.1) is 17.3 Å². The van der Waals surface area contributed by atoms with Gasteiger partial charge in [-0.05, 0) is 97.5 Å². The summed E-state index contributed by atoms with van der Waals surface area (Å²) in [4.78, 5) is 5.33. The Hall–Kier alpha value is -5.52.